The molecule has 0 aliphatic heterocycles. The fraction of sp³-hybridized carbons (Fsp3) is 0.214. The van der Waals surface area contributed by atoms with E-state index in [1.54, 1.807) is 11.3 Å². The minimum Gasteiger partial charge on any atom is -0.492 e. The Morgan fingerprint density at radius 2 is 2.24 bits per heavy atom. The molecule has 0 fully saturated rings. The van der Waals surface area contributed by atoms with Crippen molar-refractivity contribution in [3.05, 3.63) is 51.7 Å². The maximum Gasteiger partial charge on any atom is 0.153 e. The highest BCUT2D eigenvalue weighted by Gasteiger charge is 2.03. The zero-order chi connectivity index (χ0) is 12.1. The second kappa shape index (κ2) is 5.64. The first-order valence-electron chi connectivity index (χ1n) is 5.50. The second-order valence-electron chi connectivity index (χ2n) is 3.84. The van der Waals surface area contributed by atoms with Crippen LogP contribution in [0.3, 0.4) is 0 Å². The number of carbonyl (C=O) groups is 1. The van der Waals surface area contributed by atoms with Crippen LogP contribution in [0.2, 0.25) is 0 Å². The van der Waals surface area contributed by atoms with E-state index in [1.807, 2.05) is 31.2 Å². The summed E-state index contributed by atoms with van der Waals surface area (Å²) in [6.45, 7) is 2.56. The van der Waals surface area contributed by atoms with Gasteiger partial charge in [-0.15, -0.1) is 11.3 Å². The minimum absolute atomic E-state index is 0.602. The average molecular weight is 246 g/mol. The Bertz CT molecular complexity index is 489. The van der Waals surface area contributed by atoms with E-state index in [0.717, 1.165) is 18.3 Å². The molecule has 1 aromatic heterocycles. The van der Waals surface area contributed by atoms with Crippen molar-refractivity contribution in [3.63, 3.8) is 0 Å². The molecule has 0 amide bonds. The van der Waals surface area contributed by atoms with Crippen molar-refractivity contribution in [2.75, 3.05) is 6.61 Å². The topological polar surface area (TPSA) is 26.3 Å². The molecule has 2 rings (SSSR count). The third kappa shape index (κ3) is 3.17. The zero-order valence-corrected chi connectivity index (χ0v) is 10.5. The molecule has 0 N–H and O–H groups in total. The van der Waals surface area contributed by atoms with Gasteiger partial charge in [-0.1, -0.05) is 17.7 Å². The van der Waals surface area contributed by atoms with Crippen LogP contribution in [0.25, 0.3) is 0 Å². The highest BCUT2D eigenvalue weighted by molar-refractivity contribution is 7.09. The van der Waals surface area contributed by atoms with Crippen LogP contribution >= 0.6 is 11.3 Å². The molecular formula is C14H14O2S. The van der Waals surface area contributed by atoms with E-state index >= 15 is 0 Å². The highest BCUT2D eigenvalue weighted by atomic mass is 32.1. The molecule has 2 aromatic rings. The van der Waals surface area contributed by atoms with Crippen molar-refractivity contribution in [1.82, 2.24) is 0 Å². The number of benzene rings is 1. The molecule has 3 heteroatoms. The van der Waals surface area contributed by atoms with Crippen LogP contribution in [0.1, 0.15) is 20.8 Å². The lowest BCUT2D eigenvalue weighted by atomic mass is 10.1. The maximum atomic E-state index is 10.9. The fourth-order valence-corrected chi connectivity index (χ4v) is 2.30. The van der Waals surface area contributed by atoms with Gasteiger partial charge < -0.3 is 4.74 Å². The van der Waals surface area contributed by atoms with E-state index < -0.39 is 0 Å². The summed E-state index contributed by atoms with van der Waals surface area (Å²) < 4.78 is 5.63. The van der Waals surface area contributed by atoms with Gasteiger partial charge in [-0.05, 0) is 30.5 Å². The number of rotatable bonds is 5. The average Bonchev–Trinajstić information content (AvgIpc) is 2.84. The predicted octanol–water partition coefficient (Wildman–Crippen LogP) is 3.49. The molecule has 0 saturated heterocycles. The summed E-state index contributed by atoms with van der Waals surface area (Å²) >= 11 is 1.72. The lowest BCUT2D eigenvalue weighted by molar-refractivity contribution is 0.111. The van der Waals surface area contributed by atoms with Crippen LogP contribution in [0.15, 0.2) is 35.7 Å². The van der Waals surface area contributed by atoms with E-state index in [-0.39, 0.29) is 0 Å². The Kier molecular flexibility index (Phi) is 3.94. The number of thiophene rings is 1. The molecule has 17 heavy (non-hydrogen) atoms. The summed E-state index contributed by atoms with van der Waals surface area (Å²) in [5, 5.41) is 2.05. The van der Waals surface area contributed by atoms with Crippen molar-refractivity contribution in [3.8, 4) is 5.75 Å². The summed E-state index contributed by atoms with van der Waals surface area (Å²) in [5.41, 5.74) is 1.69. The molecule has 0 bridgehead atoms. The van der Waals surface area contributed by atoms with Gasteiger partial charge >= 0.3 is 0 Å². The molecule has 1 aromatic carbocycles. The van der Waals surface area contributed by atoms with Crippen molar-refractivity contribution in [2.45, 2.75) is 13.3 Å². The van der Waals surface area contributed by atoms with Crippen LogP contribution in [0.4, 0.5) is 0 Å². The van der Waals surface area contributed by atoms with Gasteiger partial charge in [0.15, 0.2) is 6.29 Å². The van der Waals surface area contributed by atoms with Crippen LogP contribution in [0, 0.1) is 6.92 Å². The monoisotopic (exact) mass is 246 g/mol. The molecule has 2 nitrogen and oxygen atoms in total. The van der Waals surface area contributed by atoms with Gasteiger partial charge in [0.2, 0.25) is 0 Å². The highest BCUT2D eigenvalue weighted by Crippen LogP contribution is 2.19. The molecule has 0 aliphatic carbocycles. The smallest absolute Gasteiger partial charge is 0.153 e. The van der Waals surface area contributed by atoms with Crippen molar-refractivity contribution < 1.29 is 9.53 Å². The largest absolute Gasteiger partial charge is 0.492 e. The summed E-state index contributed by atoms with van der Waals surface area (Å²) in [6, 6.07) is 9.76. The number of hydrogen-bond acceptors (Lipinski definition) is 3. The third-order valence-electron chi connectivity index (χ3n) is 2.48. The minimum atomic E-state index is 0.602. The SMILES string of the molecule is Cc1ccc(OCCc2cccs2)c(C=O)c1. The molecule has 0 spiro atoms. The Morgan fingerprint density at radius 1 is 1.35 bits per heavy atom. The summed E-state index contributed by atoms with van der Waals surface area (Å²) in [6.07, 6.45) is 1.72. The van der Waals surface area contributed by atoms with Gasteiger partial charge in [-0.2, -0.15) is 0 Å². The normalized spacial score (nSPS) is 10.2. The third-order valence-corrected chi connectivity index (χ3v) is 3.41. The van der Waals surface area contributed by atoms with Gasteiger partial charge in [0, 0.05) is 11.3 Å². The molecule has 0 radical (unpaired) electrons. The van der Waals surface area contributed by atoms with Crippen LogP contribution in [0.5, 0.6) is 5.75 Å². The molecular weight excluding hydrogens is 232 g/mol. The molecule has 0 unspecified atom stereocenters. The van der Waals surface area contributed by atoms with Gasteiger partial charge in [0.05, 0.1) is 12.2 Å². The van der Waals surface area contributed by atoms with E-state index in [9.17, 15) is 4.79 Å². The van der Waals surface area contributed by atoms with Gasteiger partial charge in [-0.3, -0.25) is 4.79 Å². The molecule has 0 aliphatic rings. The number of hydrogen-bond donors (Lipinski definition) is 0. The van der Waals surface area contributed by atoms with Gasteiger partial charge in [-0.25, -0.2) is 0 Å². The maximum absolute atomic E-state index is 10.9. The lowest BCUT2D eigenvalue weighted by Gasteiger charge is -2.08. The van der Waals surface area contributed by atoms with Crippen LogP contribution in [-0.4, -0.2) is 12.9 Å². The first-order chi connectivity index (χ1) is 8.29. The zero-order valence-electron chi connectivity index (χ0n) is 9.68. The van der Waals surface area contributed by atoms with Crippen molar-refractivity contribution in [2.24, 2.45) is 0 Å². The summed E-state index contributed by atoms with van der Waals surface area (Å²) in [4.78, 5) is 12.2. The van der Waals surface area contributed by atoms with Crippen molar-refractivity contribution >= 4 is 17.6 Å². The number of ether oxygens (including phenoxy) is 1. The molecule has 88 valence electrons. The lowest BCUT2D eigenvalue weighted by Crippen LogP contribution is -2.02. The van der Waals surface area contributed by atoms with E-state index in [0.29, 0.717) is 17.9 Å². The Labute approximate surface area is 105 Å². The van der Waals surface area contributed by atoms with Gasteiger partial charge in [0.25, 0.3) is 0 Å². The quantitative estimate of drug-likeness (QED) is 0.755. The van der Waals surface area contributed by atoms with Gasteiger partial charge in [0.1, 0.15) is 5.75 Å². The summed E-state index contributed by atoms with van der Waals surface area (Å²) in [5.74, 6) is 0.669. The number of aryl methyl sites for hydroxylation is 1. The molecule has 1 heterocycles. The van der Waals surface area contributed by atoms with E-state index in [1.165, 1.54) is 4.88 Å². The fourth-order valence-electron chi connectivity index (χ4n) is 1.61. The Hall–Kier alpha value is -1.61. The number of aldehydes is 1. The van der Waals surface area contributed by atoms with Crippen LogP contribution < -0.4 is 4.74 Å². The van der Waals surface area contributed by atoms with Crippen LogP contribution in [-0.2, 0) is 6.42 Å². The first-order valence-corrected chi connectivity index (χ1v) is 6.38. The van der Waals surface area contributed by atoms with E-state index in [4.69, 9.17) is 4.74 Å². The Morgan fingerprint density at radius 3 is 2.94 bits per heavy atom. The first kappa shape index (κ1) is 11.9. The standard InChI is InChI=1S/C14H14O2S/c1-11-4-5-14(12(9-11)10-15)16-7-6-13-3-2-8-17-13/h2-5,8-10H,6-7H2,1H3. The predicted molar refractivity (Wildman–Crippen MR) is 70.1 cm³/mol. The number of carbonyl (C=O) groups excluding carboxylic acids is 1. The second-order valence-corrected chi connectivity index (χ2v) is 4.87. The van der Waals surface area contributed by atoms with E-state index in [2.05, 4.69) is 11.4 Å². The molecule has 0 atom stereocenters. The Balaban J connectivity index is 1.96. The molecule has 0 saturated carbocycles. The van der Waals surface area contributed by atoms with Crippen molar-refractivity contribution in [1.29, 1.82) is 0 Å². The summed E-state index contributed by atoms with van der Waals surface area (Å²) in [7, 11) is 0.